The largest absolute Gasteiger partial charge is 0.315 e. The van der Waals surface area contributed by atoms with Gasteiger partial charge in [0.1, 0.15) is 5.01 Å². The highest BCUT2D eigenvalue weighted by atomic mass is 32.1. The quantitative estimate of drug-likeness (QED) is 0.848. The lowest BCUT2D eigenvalue weighted by Crippen LogP contribution is -2.30. The van der Waals surface area contributed by atoms with Gasteiger partial charge in [0.15, 0.2) is 0 Å². The van der Waals surface area contributed by atoms with Crippen LogP contribution in [0, 0.1) is 0 Å². The smallest absolute Gasteiger partial charge is 0.108 e. The van der Waals surface area contributed by atoms with Crippen molar-refractivity contribution in [3.8, 4) is 0 Å². The zero-order valence-electron chi connectivity index (χ0n) is 9.07. The Kier molecular flexibility index (Phi) is 2.86. The lowest BCUT2D eigenvalue weighted by Gasteiger charge is -2.08. The topological polar surface area (TPSA) is 37.0 Å². The Morgan fingerprint density at radius 2 is 2.38 bits per heavy atom. The van der Waals surface area contributed by atoms with Crippen LogP contribution in [0.3, 0.4) is 0 Å². The second kappa shape index (κ2) is 4.49. The summed E-state index contributed by atoms with van der Waals surface area (Å²) in [5.41, 5.74) is 1.12. The highest BCUT2D eigenvalue weighted by Gasteiger charge is 2.13. The fourth-order valence-electron chi connectivity index (χ4n) is 2.06. The predicted molar refractivity (Wildman–Crippen MR) is 67.7 cm³/mol. The molecular formula is C12H15N3S. The molecule has 0 amide bonds. The molecule has 84 valence electrons. The fraction of sp³-hybridized carbons (Fsp3) is 0.417. The lowest BCUT2D eigenvalue weighted by molar-refractivity contribution is 0.546. The van der Waals surface area contributed by atoms with Crippen molar-refractivity contribution < 1.29 is 0 Å². The van der Waals surface area contributed by atoms with Gasteiger partial charge in [-0.15, -0.1) is 11.3 Å². The van der Waals surface area contributed by atoms with Crippen LogP contribution >= 0.6 is 11.3 Å². The third-order valence-corrected chi connectivity index (χ3v) is 3.98. The molecule has 0 spiro atoms. The van der Waals surface area contributed by atoms with Crippen molar-refractivity contribution >= 4 is 21.6 Å². The summed E-state index contributed by atoms with van der Waals surface area (Å²) in [6.45, 7) is 3.12. The fourth-order valence-corrected chi connectivity index (χ4v) is 2.97. The van der Waals surface area contributed by atoms with Crippen LogP contribution in [-0.4, -0.2) is 24.1 Å². The minimum absolute atomic E-state index is 0.618. The van der Waals surface area contributed by atoms with E-state index in [0.717, 1.165) is 25.2 Å². The molecule has 1 aliphatic heterocycles. The Labute approximate surface area is 98.9 Å². The molecule has 2 heterocycles. The standard InChI is InChI=1S/C12H15N3S/c1-2-4-11-10(3-1)15-12(16-11)8-14-9-5-6-13-7-9/h1-4,9,13-14H,5-8H2. The normalized spacial score (nSPS) is 20.6. The molecule has 3 rings (SSSR count). The van der Waals surface area contributed by atoms with E-state index in [4.69, 9.17) is 0 Å². The molecular weight excluding hydrogens is 218 g/mol. The number of aromatic nitrogens is 1. The second-order valence-electron chi connectivity index (χ2n) is 4.15. The van der Waals surface area contributed by atoms with Crippen LogP contribution in [0.15, 0.2) is 24.3 Å². The van der Waals surface area contributed by atoms with Gasteiger partial charge in [0.2, 0.25) is 0 Å². The van der Waals surface area contributed by atoms with Gasteiger partial charge in [-0.1, -0.05) is 12.1 Å². The minimum atomic E-state index is 0.618. The van der Waals surface area contributed by atoms with Crippen LogP contribution in [0.2, 0.25) is 0 Å². The molecule has 0 bridgehead atoms. The number of para-hydroxylation sites is 1. The number of thiazole rings is 1. The molecule has 0 saturated carbocycles. The maximum absolute atomic E-state index is 4.61. The van der Waals surface area contributed by atoms with E-state index in [1.54, 1.807) is 11.3 Å². The Morgan fingerprint density at radius 3 is 3.19 bits per heavy atom. The summed E-state index contributed by atoms with van der Waals surface area (Å²) in [5.74, 6) is 0. The molecule has 0 radical (unpaired) electrons. The van der Waals surface area contributed by atoms with Gasteiger partial charge in [0.05, 0.1) is 10.2 Å². The van der Waals surface area contributed by atoms with Gasteiger partial charge in [-0.05, 0) is 25.1 Å². The summed E-state index contributed by atoms with van der Waals surface area (Å²) in [4.78, 5) is 4.61. The molecule has 1 saturated heterocycles. The first-order chi connectivity index (χ1) is 7.92. The van der Waals surface area contributed by atoms with E-state index >= 15 is 0 Å². The van der Waals surface area contributed by atoms with Crippen molar-refractivity contribution in [1.29, 1.82) is 0 Å². The van der Waals surface area contributed by atoms with Gasteiger partial charge in [-0.2, -0.15) is 0 Å². The lowest BCUT2D eigenvalue weighted by atomic mass is 10.3. The maximum Gasteiger partial charge on any atom is 0.108 e. The van der Waals surface area contributed by atoms with E-state index in [0.29, 0.717) is 6.04 Å². The van der Waals surface area contributed by atoms with Crippen molar-refractivity contribution in [2.45, 2.75) is 19.0 Å². The molecule has 16 heavy (non-hydrogen) atoms. The summed E-state index contributed by atoms with van der Waals surface area (Å²) in [6.07, 6.45) is 1.23. The van der Waals surface area contributed by atoms with Crippen LogP contribution < -0.4 is 10.6 Å². The number of nitrogens with one attached hydrogen (secondary N) is 2. The first kappa shape index (κ1) is 10.2. The summed E-state index contributed by atoms with van der Waals surface area (Å²) in [6, 6.07) is 8.94. The second-order valence-corrected chi connectivity index (χ2v) is 5.26. The molecule has 1 fully saturated rings. The number of hydrogen-bond acceptors (Lipinski definition) is 4. The van der Waals surface area contributed by atoms with Crippen LogP contribution in [0.25, 0.3) is 10.2 Å². The van der Waals surface area contributed by atoms with Crippen molar-refractivity contribution in [1.82, 2.24) is 15.6 Å². The SMILES string of the molecule is c1ccc2sc(CNC3CCNC3)nc2c1. The summed E-state index contributed by atoms with van der Waals surface area (Å²) in [7, 11) is 0. The zero-order chi connectivity index (χ0) is 10.8. The van der Waals surface area contributed by atoms with E-state index in [1.807, 2.05) is 6.07 Å². The van der Waals surface area contributed by atoms with E-state index < -0.39 is 0 Å². The first-order valence-corrected chi connectivity index (χ1v) is 6.52. The highest BCUT2D eigenvalue weighted by Crippen LogP contribution is 2.21. The minimum Gasteiger partial charge on any atom is -0.315 e. The average Bonchev–Trinajstić information content (AvgIpc) is 2.95. The number of fused-ring (bicyclic) bond motifs is 1. The van der Waals surface area contributed by atoms with Gasteiger partial charge in [0.25, 0.3) is 0 Å². The molecule has 1 aromatic carbocycles. The van der Waals surface area contributed by atoms with Crippen LogP contribution in [0.5, 0.6) is 0 Å². The zero-order valence-corrected chi connectivity index (χ0v) is 9.89. The van der Waals surface area contributed by atoms with E-state index in [1.165, 1.54) is 16.1 Å². The van der Waals surface area contributed by atoms with E-state index in [2.05, 4.69) is 33.8 Å². The molecule has 4 heteroatoms. The third-order valence-electron chi connectivity index (χ3n) is 2.94. The molecule has 2 aromatic rings. The molecule has 1 aromatic heterocycles. The number of hydrogen-bond donors (Lipinski definition) is 2. The summed E-state index contributed by atoms with van der Waals surface area (Å²) >= 11 is 1.79. The van der Waals surface area contributed by atoms with Crippen molar-refractivity contribution in [2.75, 3.05) is 13.1 Å². The molecule has 3 nitrogen and oxygen atoms in total. The molecule has 1 unspecified atom stereocenters. The van der Waals surface area contributed by atoms with E-state index in [-0.39, 0.29) is 0 Å². The Hall–Kier alpha value is -0.970. The van der Waals surface area contributed by atoms with Crippen molar-refractivity contribution in [2.24, 2.45) is 0 Å². The molecule has 0 aliphatic carbocycles. The molecule has 2 N–H and O–H groups in total. The van der Waals surface area contributed by atoms with Gasteiger partial charge in [0, 0.05) is 19.1 Å². The third kappa shape index (κ3) is 2.09. The number of benzene rings is 1. The Morgan fingerprint density at radius 1 is 1.44 bits per heavy atom. The van der Waals surface area contributed by atoms with Crippen LogP contribution in [0.1, 0.15) is 11.4 Å². The van der Waals surface area contributed by atoms with Crippen LogP contribution in [0.4, 0.5) is 0 Å². The van der Waals surface area contributed by atoms with Crippen molar-refractivity contribution in [3.05, 3.63) is 29.3 Å². The van der Waals surface area contributed by atoms with Crippen LogP contribution in [-0.2, 0) is 6.54 Å². The number of rotatable bonds is 3. The van der Waals surface area contributed by atoms with E-state index in [9.17, 15) is 0 Å². The maximum atomic E-state index is 4.61. The monoisotopic (exact) mass is 233 g/mol. The van der Waals surface area contributed by atoms with Gasteiger partial charge < -0.3 is 10.6 Å². The summed E-state index contributed by atoms with van der Waals surface area (Å²) < 4.78 is 1.28. The average molecular weight is 233 g/mol. The Balaban J connectivity index is 1.69. The molecule has 1 atom stereocenters. The highest BCUT2D eigenvalue weighted by molar-refractivity contribution is 7.18. The van der Waals surface area contributed by atoms with Gasteiger partial charge in [-0.3, -0.25) is 0 Å². The van der Waals surface area contributed by atoms with Gasteiger partial charge in [-0.25, -0.2) is 4.98 Å². The summed E-state index contributed by atoms with van der Waals surface area (Å²) in [5, 5.41) is 8.09. The Bertz CT molecular complexity index is 441. The van der Waals surface area contributed by atoms with Crippen molar-refractivity contribution in [3.63, 3.8) is 0 Å². The molecule has 1 aliphatic rings. The van der Waals surface area contributed by atoms with Gasteiger partial charge >= 0.3 is 0 Å². The first-order valence-electron chi connectivity index (χ1n) is 5.70. The number of nitrogens with zero attached hydrogens (tertiary/aromatic N) is 1. The predicted octanol–water partition coefficient (Wildman–Crippen LogP) is 1.75.